The van der Waals surface area contributed by atoms with Crippen LogP contribution in [-0.4, -0.2) is 30.8 Å². The van der Waals surface area contributed by atoms with Gasteiger partial charge in [-0.1, -0.05) is 146 Å². The lowest BCUT2D eigenvalue weighted by Crippen LogP contribution is -2.27. The Kier molecular flexibility index (Phi) is 18.5. The summed E-state index contributed by atoms with van der Waals surface area (Å²) in [6, 6.07) is 16.8. The average Bonchev–Trinajstić information content (AvgIpc) is 3.30. The second-order valence-electron chi connectivity index (χ2n) is 13.2. The molecule has 2 aromatic rings. The molecule has 5 nitrogen and oxygen atoms in total. The van der Waals surface area contributed by atoms with Gasteiger partial charge in [-0.05, 0) is 55.9 Å². The van der Waals surface area contributed by atoms with Crippen LogP contribution >= 0.6 is 0 Å². The molecule has 0 aromatic heterocycles. The van der Waals surface area contributed by atoms with Gasteiger partial charge in [0.25, 0.3) is 0 Å². The average molecular weight is 608 g/mol. The van der Waals surface area contributed by atoms with Crippen LogP contribution in [0, 0.1) is 0 Å². The van der Waals surface area contributed by atoms with Gasteiger partial charge in [0, 0.05) is 18.9 Å². The highest BCUT2D eigenvalue weighted by Gasteiger charge is 2.28. The Balaban J connectivity index is 0.00000216. The lowest BCUT2D eigenvalue weighted by molar-refractivity contribution is -0.154. The fourth-order valence-electron chi connectivity index (χ4n) is 5.75. The van der Waals surface area contributed by atoms with Gasteiger partial charge in [0.15, 0.2) is 0 Å². The maximum Gasteiger partial charge on any atom is 0.407 e. The molecule has 5 heteroatoms. The molecule has 0 heterocycles. The van der Waals surface area contributed by atoms with Crippen molar-refractivity contribution in [3.63, 3.8) is 0 Å². The number of fused-ring (bicyclic) bond motifs is 3. The van der Waals surface area contributed by atoms with Gasteiger partial charge in [-0.3, -0.25) is 4.79 Å². The van der Waals surface area contributed by atoms with Gasteiger partial charge in [-0.25, -0.2) is 4.79 Å². The molecule has 246 valence electrons. The quantitative estimate of drug-likeness (QED) is 0.127. The number of hydrogen-bond donors (Lipinski definition) is 1. The van der Waals surface area contributed by atoms with Crippen molar-refractivity contribution in [2.75, 3.05) is 13.2 Å². The molecule has 2 aromatic carbocycles. The van der Waals surface area contributed by atoms with Crippen molar-refractivity contribution in [1.82, 2.24) is 5.32 Å². The first-order valence-electron chi connectivity index (χ1n) is 17.6. The van der Waals surface area contributed by atoms with Gasteiger partial charge in [-0.2, -0.15) is 0 Å². The first kappa shape index (κ1) is 37.4. The number of nitrogens with one attached hydrogen (secondary N) is 1. The molecule has 1 N–H and O–H groups in total. The molecular formula is C39H61NO4. The summed E-state index contributed by atoms with van der Waals surface area (Å²) >= 11 is 0. The Bertz CT molecular complexity index is 1030. The fraction of sp³-hybridized carbons (Fsp3) is 0.641. The van der Waals surface area contributed by atoms with E-state index in [0.717, 1.165) is 25.7 Å². The van der Waals surface area contributed by atoms with Gasteiger partial charge >= 0.3 is 12.1 Å². The van der Waals surface area contributed by atoms with E-state index >= 15 is 0 Å². The summed E-state index contributed by atoms with van der Waals surface area (Å²) in [5.74, 6) is 0.0399. The summed E-state index contributed by atoms with van der Waals surface area (Å²) in [6.07, 6.45) is 18.7. The molecule has 0 radical (unpaired) electrons. The largest absolute Gasteiger partial charge is 0.460 e. The second-order valence-corrected chi connectivity index (χ2v) is 13.2. The topological polar surface area (TPSA) is 64.6 Å². The standard InChI is InChI=1S/C36H53NO4.C3H8/c1-36(2,3)41-34(38)26-16-14-12-10-8-6-4-5-7-9-11-13-15-21-27-37-35(39)40-28-33-31-24-19-17-22-29(31)30-23-18-20-25-32(30)33;1-3-2/h17-20,22-25,33H,4-16,21,26-28H2,1-3H3,(H,37,39);3H2,1-2H3. The number of carbonyl (C=O) groups is 2. The maximum atomic E-state index is 12.3. The number of amides is 1. The zero-order valence-electron chi connectivity index (χ0n) is 28.6. The van der Waals surface area contributed by atoms with Gasteiger partial charge < -0.3 is 14.8 Å². The van der Waals surface area contributed by atoms with Crippen molar-refractivity contribution in [3.05, 3.63) is 59.7 Å². The highest BCUT2D eigenvalue weighted by atomic mass is 16.6. The first-order chi connectivity index (χ1) is 21.3. The zero-order chi connectivity index (χ0) is 32.0. The van der Waals surface area contributed by atoms with Crippen molar-refractivity contribution in [1.29, 1.82) is 0 Å². The number of alkyl carbamates (subject to hydrolysis) is 1. The molecule has 3 rings (SSSR count). The number of unbranched alkanes of at least 4 members (excludes halogenated alkanes) is 13. The summed E-state index contributed by atoms with van der Waals surface area (Å²) in [5, 5.41) is 2.93. The van der Waals surface area contributed by atoms with E-state index in [4.69, 9.17) is 9.47 Å². The number of rotatable bonds is 19. The van der Waals surface area contributed by atoms with Crippen LogP contribution in [0.1, 0.15) is 154 Å². The normalized spacial score (nSPS) is 12.1. The van der Waals surface area contributed by atoms with Crippen LogP contribution in [0.5, 0.6) is 0 Å². The van der Waals surface area contributed by atoms with E-state index in [-0.39, 0.29) is 23.6 Å². The zero-order valence-corrected chi connectivity index (χ0v) is 28.6. The first-order valence-corrected chi connectivity index (χ1v) is 17.6. The molecule has 0 unspecified atom stereocenters. The minimum atomic E-state index is -0.371. The van der Waals surface area contributed by atoms with E-state index in [1.165, 1.54) is 92.9 Å². The predicted molar refractivity (Wildman–Crippen MR) is 184 cm³/mol. The van der Waals surface area contributed by atoms with Gasteiger partial charge in [0.05, 0.1) is 0 Å². The van der Waals surface area contributed by atoms with Gasteiger partial charge in [0.1, 0.15) is 12.2 Å². The third-order valence-electron chi connectivity index (χ3n) is 7.84. The van der Waals surface area contributed by atoms with Gasteiger partial charge in [-0.15, -0.1) is 0 Å². The SMILES string of the molecule is CC(C)(C)OC(=O)CCCCCCCCCCCCCCCCNC(=O)OCC1c2ccccc2-c2ccccc21.CCC. The molecule has 0 saturated heterocycles. The smallest absolute Gasteiger partial charge is 0.407 e. The van der Waals surface area contributed by atoms with E-state index < -0.39 is 0 Å². The van der Waals surface area contributed by atoms with Crippen LogP contribution in [0.25, 0.3) is 11.1 Å². The molecule has 0 saturated carbocycles. The molecule has 0 atom stereocenters. The molecular weight excluding hydrogens is 546 g/mol. The Labute approximate surface area is 268 Å². The molecule has 0 bridgehead atoms. The summed E-state index contributed by atoms with van der Waals surface area (Å²) in [7, 11) is 0. The molecule has 0 spiro atoms. The third kappa shape index (κ3) is 15.3. The van der Waals surface area contributed by atoms with Crippen LogP contribution in [-0.2, 0) is 14.3 Å². The van der Waals surface area contributed by atoms with Crippen LogP contribution in [0.15, 0.2) is 48.5 Å². The number of hydrogen-bond acceptors (Lipinski definition) is 4. The molecule has 0 aliphatic heterocycles. The van der Waals surface area contributed by atoms with Crippen LogP contribution < -0.4 is 5.32 Å². The van der Waals surface area contributed by atoms with Crippen molar-refractivity contribution in [2.24, 2.45) is 0 Å². The lowest BCUT2D eigenvalue weighted by Gasteiger charge is -2.19. The van der Waals surface area contributed by atoms with Crippen LogP contribution in [0.2, 0.25) is 0 Å². The molecule has 1 aliphatic carbocycles. The summed E-state index contributed by atoms with van der Waals surface area (Å²) in [5.41, 5.74) is 4.61. The minimum absolute atomic E-state index is 0.0669. The van der Waals surface area contributed by atoms with Crippen molar-refractivity contribution in [2.45, 2.75) is 149 Å². The number of esters is 1. The van der Waals surface area contributed by atoms with Crippen molar-refractivity contribution >= 4 is 12.1 Å². The number of ether oxygens (including phenoxy) is 2. The second kappa shape index (κ2) is 21.8. The maximum absolute atomic E-state index is 12.3. The minimum Gasteiger partial charge on any atom is -0.460 e. The van der Waals surface area contributed by atoms with Gasteiger partial charge in [0.2, 0.25) is 0 Å². The highest BCUT2D eigenvalue weighted by Crippen LogP contribution is 2.44. The fourth-order valence-corrected chi connectivity index (χ4v) is 5.75. The number of carbonyl (C=O) groups excluding carboxylic acids is 2. The Morgan fingerprint density at radius 3 is 1.52 bits per heavy atom. The van der Waals surface area contributed by atoms with E-state index in [9.17, 15) is 9.59 Å². The molecule has 0 fully saturated rings. The predicted octanol–water partition coefficient (Wildman–Crippen LogP) is 11.1. The van der Waals surface area contributed by atoms with Crippen molar-refractivity contribution < 1.29 is 19.1 Å². The van der Waals surface area contributed by atoms with Crippen molar-refractivity contribution in [3.8, 4) is 11.1 Å². The Hall–Kier alpha value is -2.82. The monoisotopic (exact) mass is 607 g/mol. The highest BCUT2D eigenvalue weighted by molar-refractivity contribution is 5.79. The van der Waals surface area contributed by atoms with Crippen LogP contribution in [0.4, 0.5) is 4.79 Å². The van der Waals surface area contributed by atoms with E-state index in [1.54, 1.807) is 0 Å². The molecule has 1 amide bonds. The third-order valence-corrected chi connectivity index (χ3v) is 7.84. The Morgan fingerprint density at radius 2 is 1.07 bits per heavy atom. The Morgan fingerprint density at radius 1 is 0.659 bits per heavy atom. The van der Waals surface area contributed by atoms with E-state index in [0.29, 0.717) is 19.6 Å². The van der Waals surface area contributed by atoms with Crippen LogP contribution in [0.3, 0.4) is 0 Å². The lowest BCUT2D eigenvalue weighted by atomic mass is 9.98. The summed E-state index contributed by atoms with van der Waals surface area (Å²) < 4.78 is 11.0. The molecule has 44 heavy (non-hydrogen) atoms. The molecule has 1 aliphatic rings. The van der Waals surface area contributed by atoms with E-state index in [2.05, 4.69) is 67.7 Å². The summed E-state index contributed by atoms with van der Waals surface area (Å²) in [4.78, 5) is 24.0. The van der Waals surface area contributed by atoms with E-state index in [1.807, 2.05) is 20.8 Å². The number of benzene rings is 2. The summed E-state index contributed by atoms with van der Waals surface area (Å²) in [6.45, 7) is 11.1.